The first-order valence-electron chi connectivity index (χ1n) is 9.39. The molecule has 1 heterocycles. The van der Waals surface area contributed by atoms with Crippen molar-refractivity contribution in [3.05, 3.63) is 83.3 Å². The lowest BCUT2D eigenvalue weighted by molar-refractivity contribution is -0.123. The van der Waals surface area contributed by atoms with E-state index in [-0.39, 0.29) is 5.91 Å². The van der Waals surface area contributed by atoms with Crippen LogP contribution in [0.2, 0.25) is 0 Å². The maximum absolute atomic E-state index is 12.7. The van der Waals surface area contributed by atoms with E-state index in [1.165, 1.54) is 0 Å². The molecule has 0 aliphatic heterocycles. The minimum atomic E-state index is -0.945. The Kier molecular flexibility index (Phi) is 6.34. The maximum Gasteiger partial charge on any atom is 0.341 e. The molecule has 0 saturated heterocycles. The second kappa shape index (κ2) is 9.10. The van der Waals surface area contributed by atoms with Crippen molar-refractivity contribution in [2.45, 2.75) is 33.4 Å². The summed E-state index contributed by atoms with van der Waals surface area (Å²) in [5.41, 5.74) is 3.59. The average Bonchev–Trinajstić information content (AvgIpc) is 3.23. The van der Waals surface area contributed by atoms with E-state index in [1.54, 1.807) is 37.5 Å². The van der Waals surface area contributed by atoms with Gasteiger partial charge in [-0.05, 0) is 56.2 Å². The number of benzene rings is 2. The molecule has 0 saturated carbocycles. The van der Waals surface area contributed by atoms with E-state index in [0.29, 0.717) is 17.8 Å². The Morgan fingerprint density at radius 1 is 1.00 bits per heavy atom. The minimum absolute atomic E-state index is 0.353. The van der Waals surface area contributed by atoms with Gasteiger partial charge in [0.15, 0.2) is 6.10 Å². The van der Waals surface area contributed by atoms with Gasteiger partial charge in [-0.3, -0.25) is 4.79 Å². The molecule has 0 aliphatic rings. The molecule has 3 aromatic rings. The molecule has 0 fully saturated rings. The van der Waals surface area contributed by atoms with E-state index in [2.05, 4.69) is 10.6 Å². The van der Waals surface area contributed by atoms with Gasteiger partial charge in [0, 0.05) is 11.4 Å². The number of ether oxygens (including phenoxy) is 1. The lowest BCUT2D eigenvalue weighted by Crippen LogP contribution is -2.30. The highest BCUT2D eigenvalue weighted by atomic mass is 16.5. The lowest BCUT2D eigenvalue weighted by Gasteiger charge is -2.17. The summed E-state index contributed by atoms with van der Waals surface area (Å²) in [5, 5.41) is 6.01. The van der Waals surface area contributed by atoms with E-state index in [4.69, 9.17) is 9.15 Å². The molecule has 29 heavy (non-hydrogen) atoms. The summed E-state index contributed by atoms with van der Waals surface area (Å²) in [6.07, 6.45) is 0.646. The molecule has 150 valence electrons. The van der Waals surface area contributed by atoms with Crippen LogP contribution in [0.25, 0.3) is 0 Å². The predicted octanol–water partition coefficient (Wildman–Crippen LogP) is 4.69. The first-order chi connectivity index (χ1) is 14.0. The highest BCUT2D eigenvalue weighted by molar-refractivity contribution is 6.00. The fourth-order valence-corrected chi connectivity index (χ4v) is 2.92. The Bertz CT molecular complexity index is 976. The van der Waals surface area contributed by atoms with Crippen LogP contribution in [-0.4, -0.2) is 18.0 Å². The molecule has 0 bridgehead atoms. The fourth-order valence-electron chi connectivity index (χ4n) is 2.92. The number of carbonyl (C=O) groups excluding carboxylic acids is 2. The summed E-state index contributed by atoms with van der Waals surface area (Å²) in [4.78, 5) is 25.2. The van der Waals surface area contributed by atoms with Crippen LogP contribution in [0.4, 0.5) is 11.4 Å². The van der Waals surface area contributed by atoms with Gasteiger partial charge < -0.3 is 19.8 Å². The second-order valence-electron chi connectivity index (χ2n) is 6.78. The van der Waals surface area contributed by atoms with E-state index >= 15 is 0 Å². The van der Waals surface area contributed by atoms with Crippen molar-refractivity contribution in [3.63, 3.8) is 0 Å². The summed E-state index contributed by atoms with van der Waals surface area (Å²) in [5.74, 6) is -0.206. The summed E-state index contributed by atoms with van der Waals surface area (Å²) < 4.78 is 10.7. The molecule has 2 N–H and O–H groups in total. The maximum atomic E-state index is 12.7. The number of anilines is 2. The standard InChI is InChI=1S/C23H24N2O4/c1-15-8-6-9-16(2)21(15)25-22(26)17(3)29-23(27)19-11-4-5-12-20(19)24-14-18-10-7-13-28-18/h4-13,17,24H,14H2,1-3H3,(H,25,26)/t17-/m0/s1. The zero-order valence-electron chi connectivity index (χ0n) is 16.7. The van der Waals surface area contributed by atoms with Crippen molar-refractivity contribution in [2.24, 2.45) is 0 Å². The van der Waals surface area contributed by atoms with E-state index in [1.807, 2.05) is 44.2 Å². The third-order valence-corrected chi connectivity index (χ3v) is 4.56. The molecule has 1 aromatic heterocycles. The summed E-state index contributed by atoms with van der Waals surface area (Å²) in [6.45, 7) is 5.82. The number of esters is 1. The molecule has 0 spiro atoms. The van der Waals surface area contributed by atoms with Crippen molar-refractivity contribution in [3.8, 4) is 0 Å². The third kappa shape index (κ3) is 5.04. The number of para-hydroxylation sites is 2. The molecular weight excluding hydrogens is 368 g/mol. The smallest absolute Gasteiger partial charge is 0.341 e. The van der Waals surface area contributed by atoms with Crippen LogP contribution in [0.15, 0.2) is 65.3 Å². The topological polar surface area (TPSA) is 80.6 Å². The van der Waals surface area contributed by atoms with Gasteiger partial charge >= 0.3 is 5.97 Å². The monoisotopic (exact) mass is 392 g/mol. The quantitative estimate of drug-likeness (QED) is 0.570. The number of furan rings is 1. The molecule has 0 aliphatic carbocycles. The Hall–Kier alpha value is -3.54. The molecule has 1 amide bonds. The van der Waals surface area contributed by atoms with Gasteiger partial charge in [-0.15, -0.1) is 0 Å². The zero-order chi connectivity index (χ0) is 20.8. The van der Waals surface area contributed by atoms with Crippen LogP contribution in [0.5, 0.6) is 0 Å². The zero-order valence-corrected chi connectivity index (χ0v) is 16.7. The fraction of sp³-hybridized carbons (Fsp3) is 0.217. The van der Waals surface area contributed by atoms with Crippen molar-refractivity contribution < 1.29 is 18.7 Å². The number of hydrogen-bond donors (Lipinski definition) is 2. The van der Waals surface area contributed by atoms with Gasteiger partial charge in [-0.1, -0.05) is 30.3 Å². The molecule has 0 radical (unpaired) electrons. The van der Waals surface area contributed by atoms with E-state index < -0.39 is 12.1 Å². The molecule has 0 unspecified atom stereocenters. The Balaban J connectivity index is 1.65. The van der Waals surface area contributed by atoms with Crippen LogP contribution in [0.1, 0.15) is 34.2 Å². The van der Waals surface area contributed by atoms with Gasteiger partial charge in [-0.25, -0.2) is 4.79 Å². The number of nitrogens with one attached hydrogen (secondary N) is 2. The van der Waals surface area contributed by atoms with Crippen LogP contribution >= 0.6 is 0 Å². The van der Waals surface area contributed by atoms with Crippen molar-refractivity contribution >= 4 is 23.3 Å². The number of amides is 1. The Labute approximate surface area is 169 Å². The molecule has 3 rings (SSSR count). The van der Waals surface area contributed by atoms with Crippen LogP contribution in [0, 0.1) is 13.8 Å². The first-order valence-corrected chi connectivity index (χ1v) is 9.39. The van der Waals surface area contributed by atoms with Gasteiger partial charge in [0.1, 0.15) is 5.76 Å². The second-order valence-corrected chi connectivity index (χ2v) is 6.78. The van der Waals surface area contributed by atoms with Crippen LogP contribution in [-0.2, 0) is 16.1 Å². The minimum Gasteiger partial charge on any atom is -0.467 e. The molecule has 6 heteroatoms. The van der Waals surface area contributed by atoms with Gasteiger partial charge in [0.25, 0.3) is 5.91 Å². The van der Waals surface area contributed by atoms with Gasteiger partial charge in [0.2, 0.25) is 0 Å². The van der Waals surface area contributed by atoms with Crippen LogP contribution in [0.3, 0.4) is 0 Å². The number of carbonyl (C=O) groups is 2. The van der Waals surface area contributed by atoms with Gasteiger partial charge in [-0.2, -0.15) is 0 Å². The van der Waals surface area contributed by atoms with Crippen LogP contribution < -0.4 is 10.6 Å². The summed E-state index contributed by atoms with van der Waals surface area (Å²) in [7, 11) is 0. The number of hydrogen-bond acceptors (Lipinski definition) is 5. The highest BCUT2D eigenvalue weighted by Crippen LogP contribution is 2.21. The molecule has 6 nitrogen and oxygen atoms in total. The number of aryl methyl sites for hydroxylation is 2. The van der Waals surface area contributed by atoms with Crippen molar-refractivity contribution in [2.75, 3.05) is 10.6 Å². The third-order valence-electron chi connectivity index (χ3n) is 4.56. The predicted molar refractivity (Wildman–Crippen MR) is 112 cm³/mol. The highest BCUT2D eigenvalue weighted by Gasteiger charge is 2.21. The summed E-state index contributed by atoms with van der Waals surface area (Å²) >= 11 is 0. The van der Waals surface area contributed by atoms with Crippen molar-refractivity contribution in [1.29, 1.82) is 0 Å². The molecule has 2 aromatic carbocycles. The number of rotatable bonds is 7. The first kappa shape index (κ1) is 20.2. The molecular formula is C23H24N2O4. The van der Waals surface area contributed by atoms with E-state index in [9.17, 15) is 9.59 Å². The average molecular weight is 392 g/mol. The van der Waals surface area contributed by atoms with E-state index in [0.717, 1.165) is 22.6 Å². The SMILES string of the molecule is Cc1cccc(C)c1NC(=O)[C@H](C)OC(=O)c1ccccc1NCc1ccco1. The van der Waals surface area contributed by atoms with Crippen molar-refractivity contribution in [1.82, 2.24) is 0 Å². The lowest BCUT2D eigenvalue weighted by atomic mass is 10.1. The Morgan fingerprint density at radius 3 is 2.41 bits per heavy atom. The molecule has 1 atom stereocenters. The Morgan fingerprint density at radius 2 is 1.72 bits per heavy atom. The largest absolute Gasteiger partial charge is 0.467 e. The van der Waals surface area contributed by atoms with Gasteiger partial charge in [0.05, 0.1) is 18.4 Å². The normalized spacial score (nSPS) is 11.6. The summed E-state index contributed by atoms with van der Waals surface area (Å²) in [6, 6.07) is 16.4.